The fourth-order valence-electron chi connectivity index (χ4n) is 2.07. The Balaban J connectivity index is 2.18. The highest BCUT2D eigenvalue weighted by atomic mass is 16.5. The van der Waals surface area contributed by atoms with Crippen LogP contribution in [0, 0.1) is 5.92 Å². The number of carboxylic acid groups (broad SMARTS) is 1. The third kappa shape index (κ3) is 2.44. The van der Waals surface area contributed by atoms with E-state index in [0.29, 0.717) is 18.3 Å². The first-order valence-corrected chi connectivity index (χ1v) is 5.70. The molecule has 0 radical (unpaired) electrons. The molecule has 17 heavy (non-hydrogen) atoms. The second kappa shape index (κ2) is 4.79. The number of carbonyl (C=O) groups is 1. The minimum Gasteiger partial charge on any atom is -0.481 e. The van der Waals surface area contributed by atoms with Crippen molar-refractivity contribution in [1.82, 2.24) is 20.2 Å². The van der Waals surface area contributed by atoms with Crippen LogP contribution >= 0.6 is 0 Å². The molecule has 3 atom stereocenters. The van der Waals surface area contributed by atoms with Crippen LogP contribution < -0.4 is 0 Å². The maximum atomic E-state index is 10.7. The summed E-state index contributed by atoms with van der Waals surface area (Å²) in [6, 6.07) is -0.270. The summed E-state index contributed by atoms with van der Waals surface area (Å²) in [5.74, 6) is 0.125. The Bertz CT molecular complexity index is 406. The summed E-state index contributed by atoms with van der Waals surface area (Å²) in [4.78, 5) is 10.7. The minimum atomic E-state index is -0.862. The molecular weight excluding hydrogens is 224 g/mol. The van der Waals surface area contributed by atoms with Crippen LogP contribution in [-0.4, -0.2) is 37.9 Å². The molecule has 0 aromatic carbocycles. The summed E-state index contributed by atoms with van der Waals surface area (Å²) in [5, 5.41) is 20.2. The topological polar surface area (TPSA) is 90.1 Å². The molecule has 1 saturated heterocycles. The average molecular weight is 240 g/mol. The molecule has 0 bridgehead atoms. The molecule has 1 aromatic rings. The Hall–Kier alpha value is -1.50. The zero-order valence-corrected chi connectivity index (χ0v) is 9.91. The summed E-state index contributed by atoms with van der Waals surface area (Å²) in [7, 11) is 0. The van der Waals surface area contributed by atoms with Crippen LogP contribution in [0.1, 0.15) is 44.7 Å². The van der Waals surface area contributed by atoms with E-state index in [2.05, 4.69) is 22.4 Å². The van der Waals surface area contributed by atoms with Crippen molar-refractivity contribution < 1.29 is 14.6 Å². The SMILES string of the molecule is CC1CCOC1c1nnnn1C(C)CC(=O)O. The summed E-state index contributed by atoms with van der Waals surface area (Å²) >= 11 is 0. The lowest BCUT2D eigenvalue weighted by molar-refractivity contribution is -0.137. The maximum Gasteiger partial charge on any atom is 0.305 e. The van der Waals surface area contributed by atoms with E-state index in [-0.39, 0.29) is 18.6 Å². The van der Waals surface area contributed by atoms with Gasteiger partial charge in [0, 0.05) is 6.61 Å². The first kappa shape index (κ1) is 12.0. The Labute approximate surface area is 98.8 Å². The largest absolute Gasteiger partial charge is 0.481 e. The lowest BCUT2D eigenvalue weighted by atomic mass is 10.0. The molecule has 0 saturated carbocycles. The summed E-state index contributed by atoms with van der Waals surface area (Å²) in [5.41, 5.74) is 0. The second-order valence-corrected chi connectivity index (χ2v) is 4.49. The molecule has 0 amide bonds. The summed E-state index contributed by atoms with van der Waals surface area (Å²) < 4.78 is 7.15. The van der Waals surface area contributed by atoms with E-state index in [0.717, 1.165) is 6.42 Å². The first-order chi connectivity index (χ1) is 8.09. The molecule has 1 aliphatic rings. The molecule has 0 aliphatic carbocycles. The quantitative estimate of drug-likeness (QED) is 0.837. The van der Waals surface area contributed by atoms with E-state index in [1.54, 1.807) is 11.6 Å². The van der Waals surface area contributed by atoms with Gasteiger partial charge in [0.15, 0.2) is 5.82 Å². The number of rotatable bonds is 4. The van der Waals surface area contributed by atoms with E-state index in [1.165, 1.54) is 0 Å². The number of tetrazole rings is 1. The van der Waals surface area contributed by atoms with Gasteiger partial charge in [0.25, 0.3) is 0 Å². The highest BCUT2D eigenvalue weighted by Gasteiger charge is 2.32. The van der Waals surface area contributed by atoms with Crippen LogP contribution in [0.15, 0.2) is 0 Å². The number of aliphatic carboxylic acids is 1. The van der Waals surface area contributed by atoms with E-state index in [1.807, 2.05) is 0 Å². The molecule has 7 heteroatoms. The molecule has 2 heterocycles. The number of aromatic nitrogens is 4. The molecule has 7 nitrogen and oxygen atoms in total. The van der Waals surface area contributed by atoms with Crippen LogP contribution in [0.3, 0.4) is 0 Å². The zero-order valence-electron chi connectivity index (χ0n) is 9.91. The standard InChI is InChI=1S/C10H16N4O3/c1-6-3-4-17-9(6)10-11-12-13-14(10)7(2)5-8(15)16/h6-7,9H,3-5H2,1-2H3,(H,15,16). The van der Waals surface area contributed by atoms with Gasteiger partial charge >= 0.3 is 5.97 Å². The van der Waals surface area contributed by atoms with Gasteiger partial charge in [-0.1, -0.05) is 6.92 Å². The van der Waals surface area contributed by atoms with Gasteiger partial charge in [-0.25, -0.2) is 4.68 Å². The fraction of sp³-hybridized carbons (Fsp3) is 0.800. The Kier molecular flexibility index (Phi) is 3.37. The molecule has 1 aliphatic heterocycles. The van der Waals surface area contributed by atoms with Crippen molar-refractivity contribution >= 4 is 5.97 Å². The van der Waals surface area contributed by atoms with Gasteiger partial charge in [-0.05, 0) is 29.7 Å². The number of nitrogens with zero attached hydrogens (tertiary/aromatic N) is 4. The lowest BCUT2D eigenvalue weighted by Gasteiger charge is -2.17. The fourth-order valence-corrected chi connectivity index (χ4v) is 2.07. The number of carboxylic acids is 1. The van der Waals surface area contributed by atoms with Crippen LogP contribution in [0.2, 0.25) is 0 Å². The third-order valence-corrected chi connectivity index (χ3v) is 3.05. The van der Waals surface area contributed by atoms with Gasteiger partial charge in [0.05, 0.1) is 12.5 Å². The van der Waals surface area contributed by atoms with Crippen molar-refractivity contribution in [2.75, 3.05) is 6.61 Å². The van der Waals surface area contributed by atoms with Crippen molar-refractivity contribution in [2.24, 2.45) is 5.92 Å². The number of ether oxygens (including phenoxy) is 1. The molecule has 3 unspecified atom stereocenters. The molecule has 1 fully saturated rings. The van der Waals surface area contributed by atoms with Gasteiger partial charge in [-0.2, -0.15) is 0 Å². The van der Waals surface area contributed by atoms with Crippen molar-refractivity contribution in [2.45, 2.75) is 38.8 Å². The first-order valence-electron chi connectivity index (χ1n) is 5.70. The van der Waals surface area contributed by atoms with E-state index >= 15 is 0 Å². The van der Waals surface area contributed by atoms with Gasteiger partial charge in [0.2, 0.25) is 0 Å². The van der Waals surface area contributed by atoms with E-state index in [9.17, 15) is 4.79 Å². The number of hydrogen-bond donors (Lipinski definition) is 1. The molecule has 2 rings (SSSR count). The monoisotopic (exact) mass is 240 g/mol. The normalized spacial score (nSPS) is 26.0. The van der Waals surface area contributed by atoms with Gasteiger partial charge in [0.1, 0.15) is 6.10 Å². The molecule has 0 spiro atoms. The summed E-state index contributed by atoms with van der Waals surface area (Å²) in [6.07, 6.45) is 0.852. The predicted molar refractivity (Wildman–Crippen MR) is 57.3 cm³/mol. The van der Waals surface area contributed by atoms with E-state index in [4.69, 9.17) is 9.84 Å². The summed E-state index contributed by atoms with van der Waals surface area (Å²) in [6.45, 7) is 4.57. The number of hydrogen-bond acceptors (Lipinski definition) is 5. The second-order valence-electron chi connectivity index (χ2n) is 4.49. The highest BCUT2D eigenvalue weighted by Crippen LogP contribution is 2.33. The van der Waals surface area contributed by atoms with Gasteiger partial charge < -0.3 is 9.84 Å². The molecular formula is C10H16N4O3. The maximum absolute atomic E-state index is 10.7. The van der Waals surface area contributed by atoms with Crippen molar-refractivity contribution in [3.05, 3.63) is 5.82 Å². The van der Waals surface area contributed by atoms with Crippen LogP contribution in [0.4, 0.5) is 0 Å². The lowest BCUT2D eigenvalue weighted by Crippen LogP contribution is -2.18. The minimum absolute atomic E-state index is 0.000852. The Morgan fingerprint density at radius 2 is 2.47 bits per heavy atom. The van der Waals surface area contributed by atoms with Crippen molar-refractivity contribution in [3.8, 4) is 0 Å². The molecule has 1 N–H and O–H groups in total. The smallest absolute Gasteiger partial charge is 0.305 e. The van der Waals surface area contributed by atoms with Gasteiger partial charge in [-0.3, -0.25) is 4.79 Å². The molecule has 1 aromatic heterocycles. The van der Waals surface area contributed by atoms with Crippen molar-refractivity contribution in [3.63, 3.8) is 0 Å². The highest BCUT2D eigenvalue weighted by molar-refractivity contribution is 5.67. The molecule has 94 valence electrons. The van der Waals surface area contributed by atoms with Gasteiger partial charge in [-0.15, -0.1) is 5.10 Å². The Morgan fingerprint density at radius 1 is 1.71 bits per heavy atom. The van der Waals surface area contributed by atoms with Crippen molar-refractivity contribution in [1.29, 1.82) is 0 Å². The third-order valence-electron chi connectivity index (χ3n) is 3.05. The van der Waals surface area contributed by atoms with Crippen LogP contribution in [0.25, 0.3) is 0 Å². The van der Waals surface area contributed by atoms with E-state index < -0.39 is 5.97 Å². The Morgan fingerprint density at radius 3 is 3.06 bits per heavy atom. The van der Waals surface area contributed by atoms with Crippen LogP contribution in [0.5, 0.6) is 0 Å². The zero-order chi connectivity index (χ0) is 12.4. The van der Waals surface area contributed by atoms with Crippen LogP contribution in [-0.2, 0) is 9.53 Å². The average Bonchev–Trinajstić information content (AvgIpc) is 2.83. The predicted octanol–water partition coefficient (Wildman–Crippen LogP) is 0.806.